The number of rotatable bonds is 13. The van der Waals surface area contributed by atoms with Crippen LogP contribution in [-0.2, 0) is 33.4 Å². The smallest absolute Gasteiger partial charge is 0.331 e. The first-order valence-corrected chi connectivity index (χ1v) is 10.1. The first kappa shape index (κ1) is 33.9. The zero-order valence-corrected chi connectivity index (χ0v) is 19.3. The van der Waals surface area contributed by atoms with Gasteiger partial charge in [0.2, 0.25) is 0 Å². The molecule has 0 aliphatic rings. The predicted octanol–water partition coefficient (Wildman–Crippen LogP) is 3.88. The van der Waals surface area contributed by atoms with E-state index in [0.717, 1.165) is 43.8 Å². The lowest BCUT2D eigenvalue weighted by atomic mass is 10.1. The molecule has 186 valence electrons. The molecule has 0 rings (SSSR count). The Balaban J connectivity index is -0.000000457. The van der Waals surface area contributed by atoms with Crippen LogP contribution in [0.25, 0.3) is 0 Å². The van der Waals surface area contributed by atoms with Crippen molar-refractivity contribution in [3.63, 3.8) is 0 Å². The third-order valence-corrected chi connectivity index (χ3v) is 3.27. The van der Waals surface area contributed by atoms with Crippen LogP contribution in [0.1, 0.15) is 59.3 Å². The molecule has 0 bridgehead atoms. The van der Waals surface area contributed by atoms with Gasteiger partial charge in [0.1, 0.15) is 0 Å². The maximum absolute atomic E-state index is 11.1. The molecule has 10 heteroatoms. The molecule has 10 nitrogen and oxygen atoms in total. The molecular weight excluding hydrogens is 436 g/mol. The van der Waals surface area contributed by atoms with Crippen LogP contribution in [0.5, 0.6) is 0 Å². The first-order chi connectivity index (χ1) is 15.4. The summed E-state index contributed by atoms with van der Waals surface area (Å²) in [6, 6.07) is 0. The molecule has 0 saturated heterocycles. The number of carboxylic acid groups (broad SMARTS) is 3. The second kappa shape index (κ2) is 23.0. The van der Waals surface area contributed by atoms with E-state index in [4.69, 9.17) is 20.1 Å². The SMILES string of the molecule is C=C(C)C(=O)O.C=COC(=O)CC=CC(=O)O.CCCCCCC(C)OC(=O)/C=C\C(=O)O. The lowest BCUT2D eigenvalue weighted by molar-refractivity contribution is -0.143. The zero-order valence-electron chi connectivity index (χ0n) is 19.3. The van der Waals surface area contributed by atoms with Crippen molar-refractivity contribution in [2.75, 3.05) is 0 Å². The fourth-order valence-corrected chi connectivity index (χ4v) is 1.69. The maximum Gasteiger partial charge on any atom is 0.331 e. The number of carbonyl (C=O) groups is 5. The van der Waals surface area contributed by atoms with Gasteiger partial charge in [-0.2, -0.15) is 0 Å². The number of aliphatic carboxylic acids is 3. The molecular formula is C23H34O10. The lowest BCUT2D eigenvalue weighted by Crippen LogP contribution is -2.13. The second-order valence-electron chi connectivity index (χ2n) is 6.46. The number of carbonyl (C=O) groups excluding carboxylic acids is 2. The van der Waals surface area contributed by atoms with Crippen molar-refractivity contribution in [2.45, 2.75) is 65.4 Å². The van der Waals surface area contributed by atoms with Crippen molar-refractivity contribution in [2.24, 2.45) is 0 Å². The highest BCUT2D eigenvalue weighted by atomic mass is 16.5. The van der Waals surface area contributed by atoms with Gasteiger partial charge in [0.05, 0.1) is 18.8 Å². The minimum atomic E-state index is -1.15. The molecule has 3 N–H and O–H groups in total. The molecule has 0 aliphatic heterocycles. The van der Waals surface area contributed by atoms with Crippen LogP contribution in [0, 0.1) is 0 Å². The van der Waals surface area contributed by atoms with Gasteiger partial charge in [0.15, 0.2) is 0 Å². The molecule has 0 aromatic carbocycles. The van der Waals surface area contributed by atoms with Crippen LogP contribution in [0.4, 0.5) is 0 Å². The van der Waals surface area contributed by atoms with E-state index in [-0.39, 0.29) is 18.1 Å². The summed E-state index contributed by atoms with van der Waals surface area (Å²) in [6.45, 7) is 11.7. The average molecular weight is 471 g/mol. The van der Waals surface area contributed by atoms with Crippen LogP contribution in [0.15, 0.2) is 49.3 Å². The molecule has 0 aliphatic carbocycles. The molecule has 0 radical (unpaired) electrons. The average Bonchev–Trinajstić information content (AvgIpc) is 2.70. The van der Waals surface area contributed by atoms with E-state index < -0.39 is 29.8 Å². The number of ether oxygens (including phenoxy) is 2. The summed E-state index contributed by atoms with van der Waals surface area (Å²) in [7, 11) is 0. The Morgan fingerprint density at radius 1 is 0.939 bits per heavy atom. The highest BCUT2D eigenvalue weighted by Gasteiger charge is 2.06. The quantitative estimate of drug-likeness (QED) is 0.156. The monoisotopic (exact) mass is 470 g/mol. The van der Waals surface area contributed by atoms with Gasteiger partial charge < -0.3 is 24.8 Å². The van der Waals surface area contributed by atoms with Gasteiger partial charge in [0, 0.05) is 23.8 Å². The summed E-state index contributed by atoms with van der Waals surface area (Å²) >= 11 is 0. The van der Waals surface area contributed by atoms with Crippen molar-refractivity contribution < 1.29 is 48.8 Å². The van der Waals surface area contributed by atoms with Gasteiger partial charge in [0.25, 0.3) is 0 Å². The van der Waals surface area contributed by atoms with Crippen molar-refractivity contribution in [3.05, 3.63) is 49.3 Å². The molecule has 0 spiro atoms. The van der Waals surface area contributed by atoms with E-state index in [0.29, 0.717) is 0 Å². The van der Waals surface area contributed by atoms with E-state index in [9.17, 15) is 24.0 Å². The Labute approximate surface area is 193 Å². The number of carboxylic acids is 3. The standard InChI is InChI=1S/C12H20O4.C7H8O4.C4H6O2/c1-3-4-5-6-7-10(2)16-12(15)9-8-11(13)14;1-2-11-7(10)5-3-4-6(8)9;1-3(2)4(5)6/h8-10H,3-7H2,1-2H3,(H,13,14);2-4H,1,5H2,(H,8,9);1H2,2H3,(H,5,6)/b9-8-;;. The second-order valence-corrected chi connectivity index (χ2v) is 6.46. The molecule has 0 aromatic rings. The zero-order chi connectivity index (χ0) is 26.2. The van der Waals surface area contributed by atoms with Crippen LogP contribution in [0.2, 0.25) is 0 Å². The predicted molar refractivity (Wildman–Crippen MR) is 121 cm³/mol. The van der Waals surface area contributed by atoms with E-state index in [1.807, 2.05) is 6.92 Å². The Kier molecular flexibility index (Phi) is 23.6. The molecule has 0 amide bonds. The van der Waals surface area contributed by atoms with Gasteiger partial charge >= 0.3 is 29.8 Å². The minimum Gasteiger partial charge on any atom is -0.478 e. The van der Waals surface area contributed by atoms with Gasteiger partial charge in [-0.3, -0.25) is 4.79 Å². The summed E-state index contributed by atoms with van der Waals surface area (Å²) in [5.41, 5.74) is 0.176. The van der Waals surface area contributed by atoms with Gasteiger partial charge in [-0.05, 0) is 26.7 Å². The fraction of sp³-hybridized carbons (Fsp3) is 0.435. The topological polar surface area (TPSA) is 164 Å². The summed E-state index contributed by atoms with van der Waals surface area (Å²) < 4.78 is 9.30. The number of esters is 2. The highest BCUT2D eigenvalue weighted by molar-refractivity contribution is 5.90. The fourth-order valence-electron chi connectivity index (χ4n) is 1.69. The number of unbranched alkanes of at least 4 members (excludes halogenated alkanes) is 3. The van der Waals surface area contributed by atoms with Crippen molar-refractivity contribution in [1.82, 2.24) is 0 Å². The molecule has 0 heterocycles. The third-order valence-electron chi connectivity index (χ3n) is 3.27. The Morgan fingerprint density at radius 3 is 1.91 bits per heavy atom. The largest absolute Gasteiger partial charge is 0.478 e. The van der Waals surface area contributed by atoms with Crippen LogP contribution >= 0.6 is 0 Å². The lowest BCUT2D eigenvalue weighted by Gasteiger charge is -2.11. The van der Waals surface area contributed by atoms with Crippen molar-refractivity contribution in [1.29, 1.82) is 0 Å². The molecule has 1 atom stereocenters. The van der Waals surface area contributed by atoms with E-state index in [1.54, 1.807) is 0 Å². The van der Waals surface area contributed by atoms with Crippen LogP contribution in [0.3, 0.4) is 0 Å². The Bertz CT molecular complexity index is 692. The molecule has 1 unspecified atom stereocenters. The summed E-state index contributed by atoms with van der Waals surface area (Å²) in [4.78, 5) is 51.2. The van der Waals surface area contributed by atoms with Crippen molar-refractivity contribution in [3.8, 4) is 0 Å². The molecule has 0 fully saturated rings. The third kappa shape index (κ3) is 33.2. The van der Waals surface area contributed by atoms with E-state index >= 15 is 0 Å². The van der Waals surface area contributed by atoms with Gasteiger partial charge in [-0.15, -0.1) is 0 Å². The summed E-state index contributed by atoms with van der Waals surface area (Å²) in [6.07, 6.45) is 9.96. The highest BCUT2D eigenvalue weighted by Crippen LogP contribution is 2.08. The summed E-state index contributed by atoms with van der Waals surface area (Å²) in [5, 5.41) is 24.3. The molecule has 33 heavy (non-hydrogen) atoms. The Morgan fingerprint density at radius 2 is 1.48 bits per heavy atom. The normalized spacial score (nSPS) is 10.6. The van der Waals surface area contributed by atoms with Gasteiger partial charge in [-0.1, -0.05) is 45.4 Å². The van der Waals surface area contributed by atoms with Crippen molar-refractivity contribution >= 4 is 29.8 Å². The first-order valence-electron chi connectivity index (χ1n) is 10.1. The van der Waals surface area contributed by atoms with E-state index in [2.05, 4.69) is 24.8 Å². The van der Waals surface area contributed by atoms with Gasteiger partial charge in [-0.25, -0.2) is 19.2 Å². The van der Waals surface area contributed by atoms with E-state index in [1.165, 1.54) is 25.8 Å². The summed E-state index contributed by atoms with van der Waals surface area (Å²) in [5.74, 6) is -4.29. The number of hydrogen-bond acceptors (Lipinski definition) is 7. The minimum absolute atomic E-state index is 0.0572. The number of hydrogen-bond donors (Lipinski definition) is 3. The van der Waals surface area contributed by atoms with Crippen LogP contribution < -0.4 is 0 Å². The Hall–Kier alpha value is -3.69. The molecule has 0 saturated carbocycles. The van der Waals surface area contributed by atoms with Crippen LogP contribution in [-0.4, -0.2) is 51.3 Å². The maximum atomic E-state index is 11.1. The molecule has 0 aromatic heterocycles.